The Morgan fingerprint density at radius 1 is 1.45 bits per heavy atom. The predicted molar refractivity (Wildman–Crippen MR) is 86.0 cm³/mol. The summed E-state index contributed by atoms with van der Waals surface area (Å²) in [4.78, 5) is 11.5. The van der Waals surface area contributed by atoms with Gasteiger partial charge in [-0.3, -0.25) is 4.79 Å². The monoisotopic (exact) mass is 320 g/mol. The highest BCUT2D eigenvalue weighted by atomic mass is 35.5. The minimum atomic E-state index is -0.0580. The second-order valence-electron chi connectivity index (χ2n) is 4.79. The van der Waals surface area contributed by atoms with Crippen LogP contribution in [0.25, 0.3) is 0 Å². The lowest BCUT2D eigenvalue weighted by Crippen LogP contribution is -2.13. The normalized spacial score (nSPS) is 10.1. The third-order valence-electron chi connectivity index (χ3n) is 2.40. The van der Waals surface area contributed by atoms with Crippen molar-refractivity contribution < 1.29 is 9.53 Å². The van der Waals surface area contributed by atoms with E-state index in [-0.39, 0.29) is 18.3 Å². The molecule has 0 aliphatic carbocycles. The summed E-state index contributed by atoms with van der Waals surface area (Å²) in [6.45, 7) is 5.26. The van der Waals surface area contributed by atoms with Crippen LogP contribution in [0.15, 0.2) is 18.2 Å². The van der Waals surface area contributed by atoms with E-state index in [1.807, 2.05) is 0 Å². The van der Waals surface area contributed by atoms with Crippen LogP contribution in [0.2, 0.25) is 5.02 Å². The second kappa shape index (κ2) is 9.86. The Bertz CT molecular complexity index is 426. The van der Waals surface area contributed by atoms with E-state index in [9.17, 15) is 4.79 Å². The van der Waals surface area contributed by atoms with Crippen molar-refractivity contribution in [1.29, 1.82) is 0 Å². The molecule has 0 saturated heterocycles. The van der Waals surface area contributed by atoms with Gasteiger partial charge in [0.2, 0.25) is 5.91 Å². The first-order valence-corrected chi connectivity index (χ1v) is 6.83. The molecular formula is C14H22Cl2N2O2. The Morgan fingerprint density at radius 2 is 2.15 bits per heavy atom. The Labute approximate surface area is 131 Å². The molecule has 1 amide bonds. The molecule has 4 nitrogen and oxygen atoms in total. The average Bonchev–Trinajstić information content (AvgIpc) is 2.35. The Hall–Kier alpha value is -0.970. The van der Waals surface area contributed by atoms with Crippen LogP contribution in [0.4, 0.5) is 5.69 Å². The van der Waals surface area contributed by atoms with Crippen molar-refractivity contribution in [3.63, 3.8) is 0 Å². The van der Waals surface area contributed by atoms with Crippen molar-refractivity contribution in [2.24, 2.45) is 11.7 Å². The minimum absolute atomic E-state index is 0. The fourth-order valence-electron chi connectivity index (χ4n) is 1.44. The van der Waals surface area contributed by atoms with Gasteiger partial charge in [0.25, 0.3) is 0 Å². The molecule has 0 spiro atoms. The van der Waals surface area contributed by atoms with Gasteiger partial charge in [0.1, 0.15) is 5.75 Å². The first-order valence-electron chi connectivity index (χ1n) is 6.45. The third-order valence-corrected chi connectivity index (χ3v) is 2.69. The van der Waals surface area contributed by atoms with Crippen LogP contribution in [0.1, 0.15) is 26.7 Å². The number of benzene rings is 1. The summed E-state index contributed by atoms with van der Waals surface area (Å²) in [5.41, 5.74) is 6.02. The van der Waals surface area contributed by atoms with Gasteiger partial charge in [0, 0.05) is 12.1 Å². The molecule has 0 atom stereocenters. The number of ether oxygens (including phenoxy) is 1. The van der Waals surface area contributed by atoms with Crippen molar-refractivity contribution in [3.8, 4) is 5.75 Å². The zero-order valence-electron chi connectivity index (χ0n) is 11.8. The molecule has 1 aromatic rings. The van der Waals surface area contributed by atoms with E-state index in [4.69, 9.17) is 22.1 Å². The maximum atomic E-state index is 11.5. The van der Waals surface area contributed by atoms with E-state index in [1.54, 1.807) is 18.2 Å². The topological polar surface area (TPSA) is 64.3 Å². The highest BCUT2D eigenvalue weighted by Crippen LogP contribution is 2.28. The van der Waals surface area contributed by atoms with Crippen LogP contribution in [-0.4, -0.2) is 19.1 Å². The number of carbonyl (C=O) groups is 1. The number of hydrogen-bond donors (Lipinski definition) is 2. The molecule has 3 N–H and O–H groups in total. The summed E-state index contributed by atoms with van der Waals surface area (Å²) in [7, 11) is 0. The molecule has 0 unspecified atom stereocenters. The Morgan fingerprint density at radius 3 is 2.70 bits per heavy atom. The van der Waals surface area contributed by atoms with Crippen LogP contribution in [0.5, 0.6) is 5.75 Å². The minimum Gasteiger partial charge on any atom is -0.492 e. The first kappa shape index (κ1) is 19.0. The number of carbonyl (C=O) groups excluding carboxylic acids is 1. The molecule has 114 valence electrons. The first-order chi connectivity index (χ1) is 9.02. The quantitative estimate of drug-likeness (QED) is 0.808. The molecule has 0 fully saturated rings. The smallest absolute Gasteiger partial charge is 0.224 e. The van der Waals surface area contributed by atoms with Crippen molar-refractivity contribution in [3.05, 3.63) is 23.2 Å². The molecule has 1 aromatic carbocycles. The van der Waals surface area contributed by atoms with Crippen LogP contribution < -0.4 is 15.8 Å². The lowest BCUT2D eigenvalue weighted by atomic mass is 10.2. The third kappa shape index (κ3) is 6.98. The maximum absolute atomic E-state index is 11.5. The molecule has 1 rings (SSSR count). The summed E-state index contributed by atoms with van der Waals surface area (Å²) >= 11 is 6.10. The van der Waals surface area contributed by atoms with Gasteiger partial charge in [0.05, 0.1) is 11.6 Å². The Balaban J connectivity index is 0.00000361. The molecule has 0 radical (unpaired) electrons. The zero-order chi connectivity index (χ0) is 14.3. The van der Waals surface area contributed by atoms with E-state index in [2.05, 4.69) is 19.2 Å². The summed E-state index contributed by atoms with van der Waals surface area (Å²) in [5.74, 6) is 1.01. The van der Waals surface area contributed by atoms with Crippen molar-refractivity contribution in [2.75, 3.05) is 18.5 Å². The van der Waals surface area contributed by atoms with Gasteiger partial charge >= 0.3 is 0 Å². The second-order valence-corrected chi connectivity index (χ2v) is 5.20. The molecule has 0 aliphatic rings. The number of nitrogens with one attached hydrogen (secondary N) is 1. The molecule has 0 aromatic heterocycles. The fraction of sp³-hybridized carbons (Fsp3) is 0.500. The molecular weight excluding hydrogens is 299 g/mol. The standard InChI is InChI=1S/C14H21ClN2O2.ClH/c1-10(2)9-19-13-6-5-11(8-12(13)15)17-14(18)4-3-7-16;/h5-6,8,10H,3-4,7,9,16H2,1-2H3,(H,17,18);1H. The molecule has 0 saturated carbocycles. The van der Waals surface area contributed by atoms with E-state index in [0.29, 0.717) is 48.4 Å². The fourth-order valence-corrected chi connectivity index (χ4v) is 1.67. The van der Waals surface area contributed by atoms with Crippen molar-refractivity contribution in [2.45, 2.75) is 26.7 Å². The van der Waals surface area contributed by atoms with Gasteiger partial charge in [0.15, 0.2) is 0 Å². The number of rotatable bonds is 7. The summed E-state index contributed by atoms with van der Waals surface area (Å²) in [6, 6.07) is 5.24. The highest BCUT2D eigenvalue weighted by molar-refractivity contribution is 6.32. The van der Waals surface area contributed by atoms with Crippen LogP contribution >= 0.6 is 24.0 Å². The number of amides is 1. The average molecular weight is 321 g/mol. The number of nitrogens with two attached hydrogens (primary N) is 1. The molecule has 0 bridgehead atoms. The summed E-state index contributed by atoms with van der Waals surface area (Å²) in [6.07, 6.45) is 1.09. The van der Waals surface area contributed by atoms with Gasteiger partial charge in [-0.15, -0.1) is 12.4 Å². The molecule has 0 heterocycles. The number of hydrogen-bond acceptors (Lipinski definition) is 3. The highest BCUT2D eigenvalue weighted by Gasteiger charge is 2.06. The Kier molecular flexibility index (Phi) is 9.38. The van der Waals surface area contributed by atoms with E-state index in [1.165, 1.54) is 0 Å². The van der Waals surface area contributed by atoms with E-state index < -0.39 is 0 Å². The zero-order valence-corrected chi connectivity index (χ0v) is 13.4. The largest absolute Gasteiger partial charge is 0.492 e. The number of halogens is 2. The summed E-state index contributed by atoms with van der Waals surface area (Å²) in [5, 5.41) is 3.27. The molecule has 0 aliphatic heterocycles. The van der Waals surface area contributed by atoms with Crippen LogP contribution in [0, 0.1) is 5.92 Å². The lowest BCUT2D eigenvalue weighted by Gasteiger charge is -2.11. The van der Waals surface area contributed by atoms with Gasteiger partial charge in [-0.1, -0.05) is 25.4 Å². The predicted octanol–water partition coefficient (Wildman–Crippen LogP) is 3.47. The van der Waals surface area contributed by atoms with Gasteiger partial charge in [-0.05, 0) is 37.1 Å². The molecule has 20 heavy (non-hydrogen) atoms. The maximum Gasteiger partial charge on any atom is 0.224 e. The van der Waals surface area contributed by atoms with Gasteiger partial charge in [-0.25, -0.2) is 0 Å². The van der Waals surface area contributed by atoms with Crippen molar-refractivity contribution >= 4 is 35.6 Å². The van der Waals surface area contributed by atoms with Crippen LogP contribution in [0.3, 0.4) is 0 Å². The van der Waals surface area contributed by atoms with Crippen LogP contribution in [-0.2, 0) is 4.79 Å². The van der Waals surface area contributed by atoms with E-state index >= 15 is 0 Å². The molecule has 6 heteroatoms. The van der Waals surface area contributed by atoms with E-state index in [0.717, 1.165) is 0 Å². The summed E-state index contributed by atoms with van der Waals surface area (Å²) < 4.78 is 5.56. The number of anilines is 1. The van der Waals surface area contributed by atoms with Crippen molar-refractivity contribution in [1.82, 2.24) is 0 Å². The SMILES string of the molecule is CC(C)COc1ccc(NC(=O)CCCN)cc1Cl.Cl. The van der Waals surface area contributed by atoms with Gasteiger partial charge < -0.3 is 15.8 Å². The lowest BCUT2D eigenvalue weighted by molar-refractivity contribution is -0.116. The van der Waals surface area contributed by atoms with Gasteiger partial charge in [-0.2, -0.15) is 0 Å².